The van der Waals surface area contributed by atoms with Crippen molar-refractivity contribution in [2.24, 2.45) is 17.6 Å². The fourth-order valence-electron chi connectivity index (χ4n) is 4.24. The molecule has 2 unspecified atom stereocenters. The van der Waals surface area contributed by atoms with E-state index in [1.807, 2.05) is 6.07 Å². The van der Waals surface area contributed by atoms with Crippen molar-refractivity contribution in [2.45, 2.75) is 44.6 Å². The van der Waals surface area contributed by atoms with Crippen molar-refractivity contribution in [1.29, 1.82) is 0 Å². The maximum absolute atomic E-state index is 6.47. The lowest BCUT2D eigenvalue weighted by atomic mass is 9.89. The van der Waals surface area contributed by atoms with Crippen LogP contribution in [0.15, 0.2) is 18.2 Å². The molecular formula is C19H30N2O2. The third kappa shape index (κ3) is 3.74. The quantitative estimate of drug-likeness (QED) is 0.873. The fraction of sp³-hybridized carbons (Fsp3) is 0.684. The molecule has 1 aliphatic heterocycles. The number of hydrogen-bond donors (Lipinski definition) is 1. The van der Waals surface area contributed by atoms with Crippen LogP contribution in [0, 0.1) is 11.8 Å². The Labute approximate surface area is 139 Å². The van der Waals surface area contributed by atoms with E-state index in [1.54, 1.807) is 14.2 Å². The van der Waals surface area contributed by atoms with E-state index in [1.165, 1.54) is 44.2 Å². The first kappa shape index (κ1) is 16.4. The van der Waals surface area contributed by atoms with Crippen molar-refractivity contribution >= 4 is 5.69 Å². The van der Waals surface area contributed by atoms with Crippen molar-refractivity contribution in [3.8, 4) is 11.5 Å². The molecule has 2 fully saturated rings. The van der Waals surface area contributed by atoms with E-state index in [4.69, 9.17) is 15.2 Å². The summed E-state index contributed by atoms with van der Waals surface area (Å²) < 4.78 is 10.7. The van der Waals surface area contributed by atoms with Gasteiger partial charge in [0.25, 0.3) is 0 Å². The number of nitrogens with zero attached hydrogens (tertiary/aromatic N) is 1. The number of ether oxygens (including phenoxy) is 2. The molecule has 128 valence electrons. The second-order valence-corrected chi connectivity index (χ2v) is 7.08. The number of methoxy groups -OCH3 is 2. The van der Waals surface area contributed by atoms with Gasteiger partial charge in [0.05, 0.1) is 14.2 Å². The Balaban J connectivity index is 1.58. The summed E-state index contributed by atoms with van der Waals surface area (Å²) in [4.78, 5) is 2.45. The lowest BCUT2D eigenvalue weighted by Gasteiger charge is -2.23. The van der Waals surface area contributed by atoms with E-state index >= 15 is 0 Å². The first-order valence-electron chi connectivity index (χ1n) is 8.93. The second kappa shape index (κ2) is 7.43. The van der Waals surface area contributed by atoms with Crippen LogP contribution >= 0.6 is 0 Å². The summed E-state index contributed by atoms with van der Waals surface area (Å²) in [6.07, 6.45) is 7.85. The maximum Gasteiger partial charge on any atom is 0.162 e. The van der Waals surface area contributed by atoms with E-state index in [2.05, 4.69) is 17.0 Å². The molecule has 4 heteroatoms. The minimum Gasteiger partial charge on any atom is -0.493 e. The van der Waals surface area contributed by atoms with Gasteiger partial charge >= 0.3 is 0 Å². The molecule has 1 saturated heterocycles. The second-order valence-electron chi connectivity index (χ2n) is 7.08. The first-order valence-corrected chi connectivity index (χ1v) is 8.93. The zero-order chi connectivity index (χ0) is 16.2. The Morgan fingerprint density at radius 2 is 1.87 bits per heavy atom. The largest absolute Gasteiger partial charge is 0.493 e. The predicted octanol–water partition coefficient (Wildman–Crippen LogP) is 3.44. The molecule has 2 N–H and O–H groups in total. The van der Waals surface area contributed by atoms with Gasteiger partial charge in [-0.25, -0.2) is 0 Å². The Kier molecular flexibility index (Phi) is 5.31. The molecule has 0 amide bonds. The van der Waals surface area contributed by atoms with Crippen LogP contribution in [0.2, 0.25) is 0 Å². The van der Waals surface area contributed by atoms with Crippen molar-refractivity contribution in [1.82, 2.24) is 0 Å². The van der Waals surface area contributed by atoms with Gasteiger partial charge in [-0.15, -0.1) is 0 Å². The minimum atomic E-state index is 0.396. The number of benzene rings is 1. The van der Waals surface area contributed by atoms with Crippen LogP contribution in [0.3, 0.4) is 0 Å². The number of anilines is 1. The molecule has 1 heterocycles. The molecule has 1 aromatic rings. The van der Waals surface area contributed by atoms with Crippen molar-refractivity contribution in [2.75, 3.05) is 32.2 Å². The topological polar surface area (TPSA) is 47.7 Å². The summed E-state index contributed by atoms with van der Waals surface area (Å²) in [6.45, 7) is 2.22. The van der Waals surface area contributed by atoms with Gasteiger partial charge in [-0.1, -0.05) is 12.8 Å². The highest BCUT2D eigenvalue weighted by Crippen LogP contribution is 2.35. The van der Waals surface area contributed by atoms with Crippen molar-refractivity contribution in [3.05, 3.63) is 18.2 Å². The fourth-order valence-corrected chi connectivity index (χ4v) is 4.24. The summed E-state index contributed by atoms with van der Waals surface area (Å²) in [5.74, 6) is 3.08. The SMILES string of the molecule is COc1ccc(N2CCC(CC(N)C3CCCC3)C2)cc1OC. The highest BCUT2D eigenvalue weighted by molar-refractivity contribution is 5.56. The normalized spacial score (nSPS) is 23.3. The van der Waals surface area contributed by atoms with E-state index in [-0.39, 0.29) is 0 Å². The monoisotopic (exact) mass is 318 g/mol. The Hall–Kier alpha value is -1.42. The van der Waals surface area contributed by atoms with Gasteiger partial charge in [0.1, 0.15) is 0 Å². The van der Waals surface area contributed by atoms with Gasteiger partial charge in [-0.05, 0) is 49.7 Å². The standard InChI is InChI=1S/C19H30N2O2/c1-22-18-8-7-16(12-19(18)23-2)21-10-9-14(13-21)11-17(20)15-5-3-4-6-15/h7-8,12,14-15,17H,3-6,9-11,13,20H2,1-2H3. The third-order valence-electron chi connectivity index (χ3n) is 5.63. The molecule has 0 spiro atoms. The van der Waals surface area contributed by atoms with Gasteiger partial charge in [-0.3, -0.25) is 0 Å². The lowest BCUT2D eigenvalue weighted by molar-refractivity contribution is 0.354. The van der Waals surface area contributed by atoms with Gasteiger partial charge in [-0.2, -0.15) is 0 Å². The van der Waals surface area contributed by atoms with Gasteiger partial charge in [0, 0.05) is 30.9 Å². The smallest absolute Gasteiger partial charge is 0.162 e. The van der Waals surface area contributed by atoms with E-state index in [0.717, 1.165) is 36.4 Å². The van der Waals surface area contributed by atoms with E-state index in [9.17, 15) is 0 Å². The van der Waals surface area contributed by atoms with Gasteiger partial charge in [0.15, 0.2) is 11.5 Å². The molecule has 1 saturated carbocycles. The van der Waals surface area contributed by atoms with Crippen LogP contribution in [0.4, 0.5) is 5.69 Å². The molecule has 23 heavy (non-hydrogen) atoms. The molecule has 0 radical (unpaired) electrons. The van der Waals surface area contributed by atoms with Crippen molar-refractivity contribution < 1.29 is 9.47 Å². The summed E-state index contributed by atoms with van der Waals surface area (Å²) >= 11 is 0. The molecule has 2 atom stereocenters. The maximum atomic E-state index is 6.47. The van der Waals surface area contributed by atoms with Crippen LogP contribution in [-0.4, -0.2) is 33.4 Å². The zero-order valence-corrected chi connectivity index (χ0v) is 14.5. The zero-order valence-electron chi connectivity index (χ0n) is 14.5. The molecule has 1 aliphatic carbocycles. The highest BCUT2D eigenvalue weighted by Gasteiger charge is 2.29. The molecule has 3 rings (SSSR count). The average molecular weight is 318 g/mol. The molecule has 1 aromatic carbocycles. The molecular weight excluding hydrogens is 288 g/mol. The lowest BCUT2D eigenvalue weighted by Crippen LogP contribution is -2.31. The van der Waals surface area contributed by atoms with Gasteiger partial charge in [0.2, 0.25) is 0 Å². The Morgan fingerprint density at radius 1 is 1.13 bits per heavy atom. The predicted molar refractivity (Wildman–Crippen MR) is 94.4 cm³/mol. The van der Waals surface area contributed by atoms with Crippen LogP contribution in [-0.2, 0) is 0 Å². The Morgan fingerprint density at radius 3 is 2.57 bits per heavy atom. The summed E-state index contributed by atoms with van der Waals surface area (Å²) in [5, 5.41) is 0. The Bertz CT molecular complexity index is 514. The third-order valence-corrected chi connectivity index (χ3v) is 5.63. The van der Waals surface area contributed by atoms with Crippen LogP contribution in [0.25, 0.3) is 0 Å². The summed E-state index contributed by atoms with van der Waals surface area (Å²) in [5.41, 5.74) is 7.69. The van der Waals surface area contributed by atoms with Crippen molar-refractivity contribution in [3.63, 3.8) is 0 Å². The van der Waals surface area contributed by atoms with Crippen LogP contribution in [0.1, 0.15) is 38.5 Å². The minimum absolute atomic E-state index is 0.396. The summed E-state index contributed by atoms with van der Waals surface area (Å²) in [6, 6.07) is 6.60. The number of rotatable bonds is 6. The molecule has 2 aliphatic rings. The molecule has 0 aromatic heterocycles. The number of hydrogen-bond acceptors (Lipinski definition) is 4. The number of nitrogens with two attached hydrogens (primary N) is 1. The van der Waals surface area contributed by atoms with Gasteiger partial charge < -0.3 is 20.1 Å². The van der Waals surface area contributed by atoms with E-state index < -0.39 is 0 Å². The molecule has 4 nitrogen and oxygen atoms in total. The van der Waals surface area contributed by atoms with E-state index in [0.29, 0.717) is 6.04 Å². The van der Waals surface area contributed by atoms with Crippen LogP contribution in [0.5, 0.6) is 11.5 Å². The van der Waals surface area contributed by atoms with Crippen LogP contribution < -0.4 is 20.1 Å². The summed E-state index contributed by atoms with van der Waals surface area (Å²) in [7, 11) is 3.36. The first-order chi connectivity index (χ1) is 11.2. The highest BCUT2D eigenvalue weighted by atomic mass is 16.5. The molecule has 0 bridgehead atoms. The average Bonchev–Trinajstić information content (AvgIpc) is 3.25.